The zero-order valence-corrected chi connectivity index (χ0v) is 14.8. The standard InChI is InChI=1S/C19H22FN3O3/c1-3-9-26-19(25)14-12-22(4-2)16-11-17(23-7-5-21-6-8-23)15(20)10-13(16)18(14)24/h3,10-12,21H,1,4-9H2,2H3. The molecule has 0 amide bonds. The summed E-state index contributed by atoms with van der Waals surface area (Å²) in [5, 5.41) is 3.41. The first-order valence-electron chi connectivity index (χ1n) is 8.67. The Morgan fingerprint density at radius 3 is 2.77 bits per heavy atom. The zero-order chi connectivity index (χ0) is 18.7. The second kappa shape index (κ2) is 7.70. The normalized spacial score (nSPS) is 14.5. The molecule has 1 aromatic heterocycles. The number of benzene rings is 1. The molecule has 1 aliphatic heterocycles. The van der Waals surface area contributed by atoms with Crippen LogP contribution in [0.4, 0.5) is 10.1 Å². The monoisotopic (exact) mass is 359 g/mol. The van der Waals surface area contributed by atoms with Crippen LogP contribution in [-0.4, -0.2) is 43.3 Å². The van der Waals surface area contributed by atoms with Crippen LogP contribution in [0.1, 0.15) is 17.3 Å². The molecular formula is C19H22FN3O3. The minimum absolute atomic E-state index is 0.0126. The van der Waals surface area contributed by atoms with Crippen molar-refractivity contribution in [2.45, 2.75) is 13.5 Å². The number of nitrogens with zero attached hydrogens (tertiary/aromatic N) is 2. The number of esters is 1. The van der Waals surface area contributed by atoms with E-state index in [0.29, 0.717) is 30.8 Å². The van der Waals surface area contributed by atoms with E-state index in [1.807, 2.05) is 11.8 Å². The second-order valence-corrected chi connectivity index (χ2v) is 6.10. The lowest BCUT2D eigenvalue weighted by Crippen LogP contribution is -2.43. The van der Waals surface area contributed by atoms with E-state index in [4.69, 9.17) is 4.74 Å². The molecule has 7 heteroatoms. The van der Waals surface area contributed by atoms with Crippen LogP contribution in [0.5, 0.6) is 0 Å². The Bertz CT molecular complexity index is 901. The van der Waals surface area contributed by atoms with E-state index in [-0.39, 0.29) is 17.6 Å². The van der Waals surface area contributed by atoms with Crippen molar-refractivity contribution in [1.82, 2.24) is 9.88 Å². The van der Waals surface area contributed by atoms with Gasteiger partial charge < -0.3 is 19.5 Å². The fourth-order valence-corrected chi connectivity index (χ4v) is 3.17. The third kappa shape index (κ3) is 3.35. The number of nitrogens with one attached hydrogen (secondary N) is 1. The first kappa shape index (κ1) is 18.1. The fraction of sp³-hybridized carbons (Fsp3) is 0.368. The summed E-state index contributed by atoms with van der Waals surface area (Å²) in [5.41, 5.74) is 0.454. The number of piperazine rings is 1. The minimum atomic E-state index is -0.731. The van der Waals surface area contributed by atoms with Crippen molar-refractivity contribution in [3.05, 3.63) is 52.6 Å². The number of carbonyl (C=O) groups is 1. The fourth-order valence-electron chi connectivity index (χ4n) is 3.17. The molecule has 26 heavy (non-hydrogen) atoms. The SMILES string of the molecule is C=CCOC(=O)c1cn(CC)c2cc(N3CCNCC3)c(F)cc2c1=O. The van der Waals surface area contributed by atoms with E-state index in [0.717, 1.165) is 13.1 Å². The van der Waals surface area contributed by atoms with E-state index in [2.05, 4.69) is 11.9 Å². The van der Waals surface area contributed by atoms with Crippen LogP contribution in [0.3, 0.4) is 0 Å². The topological polar surface area (TPSA) is 63.6 Å². The largest absolute Gasteiger partial charge is 0.458 e. The van der Waals surface area contributed by atoms with E-state index in [1.54, 1.807) is 10.6 Å². The average molecular weight is 359 g/mol. The van der Waals surface area contributed by atoms with Gasteiger partial charge in [-0.2, -0.15) is 0 Å². The number of ether oxygens (including phenoxy) is 1. The predicted octanol–water partition coefficient (Wildman–Crippen LogP) is 1.91. The molecule has 1 aliphatic rings. The molecule has 0 saturated carbocycles. The lowest BCUT2D eigenvalue weighted by molar-refractivity contribution is 0.0547. The van der Waals surface area contributed by atoms with Gasteiger partial charge in [-0.3, -0.25) is 4.79 Å². The smallest absolute Gasteiger partial charge is 0.343 e. The van der Waals surface area contributed by atoms with Crippen molar-refractivity contribution in [1.29, 1.82) is 0 Å². The zero-order valence-electron chi connectivity index (χ0n) is 14.8. The van der Waals surface area contributed by atoms with Crippen molar-refractivity contribution in [3.63, 3.8) is 0 Å². The molecule has 0 bridgehead atoms. The third-order valence-electron chi connectivity index (χ3n) is 4.50. The van der Waals surface area contributed by atoms with E-state index >= 15 is 0 Å². The highest BCUT2D eigenvalue weighted by atomic mass is 19.1. The van der Waals surface area contributed by atoms with Gasteiger partial charge >= 0.3 is 5.97 Å². The van der Waals surface area contributed by atoms with Gasteiger partial charge in [0.15, 0.2) is 0 Å². The molecule has 0 aliphatic carbocycles. The molecule has 2 aromatic rings. The van der Waals surface area contributed by atoms with E-state index in [9.17, 15) is 14.0 Å². The van der Waals surface area contributed by atoms with Gasteiger partial charge in [-0.1, -0.05) is 12.7 Å². The van der Waals surface area contributed by atoms with Crippen LogP contribution in [0.15, 0.2) is 35.8 Å². The molecule has 0 spiro atoms. The summed E-state index contributed by atoms with van der Waals surface area (Å²) in [6.07, 6.45) is 2.91. The summed E-state index contributed by atoms with van der Waals surface area (Å²) in [7, 11) is 0. The molecule has 3 rings (SSSR count). The molecule has 0 atom stereocenters. The van der Waals surface area contributed by atoms with Crippen molar-refractivity contribution in [2.24, 2.45) is 0 Å². The summed E-state index contributed by atoms with van der Waals surface area (Å²) < 4.78 is 21.5. The van der Waals surface area contributed by atoms with Crippen molar-refractivity contribution >= 4 is 22.6 Å². The lowest BCUT2D eigenvalue weighted by atomic mass is 10.1. The van der Waals surface area contributed by atoms with Crippen molar-refractivity contribution in [3.8, 4) is 0 Å². The summed E-state index contributed by atoms with van der Waals surface area (Å²) in [5.74, 6) is -1.19. The second-order valence-electron chi connectivity index (χ2n) is 6.10. The third-order valence-corrected chi connectivity index (χ3v) is 4.50. The summed E-state index contributed by atoms with van der Waals surface area (Å²) in [6.45, 7) is 8.89. The number of fused-ring (bicyclic) bond motifs is 1. The van der Waals surface area contributed by atoms with Crippen LogP contribution in [0, 0.1) is 5.82 Å². The lowest BCUT2D eigenvalue weighted by Gasteiger charge is -2.30. The Hall–Kier alpha value is -2.67. The van der Waals surface area contributed by atoms with Gasteiger partial charge in [-0.15, -0.1) is 0 Å². The molecule has 0 unspecified atom stereocenters. The summed E-state index contributed by atoms with van der Waals surface area (Å²) in [4.78, 5) is 26.8. The molecule has 0 radical (unpaired) electrons. The maximum atomic E-state index is 14.7. The van der Waals surface area contributed by atoms with Gasteiger partial charge in [-0.05, 0) is 19.1 Å². The van der Waals surface area contributed by atoms with Crippen LogP contribution in [0.2, 0.25) is 0 Å². The van der Waals surface area contributed by atoms with Gasteiger partial charge in [0.05, 0.1) is 11.2 Å². The van der Waals surface area contributed by atoms with Gasteiger partial charge in [0, 0.05) is 44.3 Å². The van der Waals surface area contributed by atoms with E-state index in [1.165, 1.54) is 18.3 Å². The number of rotatable bonds is 5. The molecule has 6 nitrogen and oxygen atoms in total. The Kier molecular flexibility index (Phi) is 5.37. The molecular weight excluding hydrogens is 337 g/mol. The van der Waals surface area contributed by atoms with E-state index < -0.39 is 17.2 Å². The highest BCUT2D eigenvalue weighted by Gasteiger charge is 2.20. The van der Waals surface area contributed by atoms with Crippen LogP contribution < -0.4 is 15.6 Å². The summed E-state index contributed by atoms with van der Waals surface area (Å²) in [6, 6.07) is 2.92. The maximum Gasteiger partial charge on any atom is 0.343 e. The van der Waals surface area contributed by atoms with Crippen molar-refractivity contribution in [2.75, 3.05) is 37.7 Å². The first-order chi connectivity index (χ1) is 12.6. The number of pyridine rings is 1. The average Bonchev–Trinajstić information content (AvgIpc) is 2.67. The number of hydrogen-bond acceptors (Lipinski definition) is 5. The Labute approximate surface area is 150 Å². The summed E-state index contributed by atoms with van der Waals surface area (Å²) >= 11 is 0. The number of anilines is 1. The predicted molar refractivity (Wildman–Crippen MR) is 99.4 cm³/mol. The Morgan fingerprint density at radius 2 is 2.12 bits per heavy atom. The molecule has 1 aromatic carbocycles. The van der Waals surface area contributed by atoms with Gasteiger partial charge in [0.25, 0.3) is 0 Å². The highest BCUT2D eigenvalue weighted by molar-refractivity contribution is 5.94. The van der Waals surface area contributed by atoms with Crippen LogP contribution in [-0.2, 0) is 11.3 Å². The number of hydrogen-bond donors (Lipinski definition) is 1. The Balaban J connectivity index is 2.14. The molecule has 138 valence electrons. The maximum absolute atomic E-state index is 14.7. The Morgan fingerprint density at radius 1 is 1.38 bits per heavy atom. The van der Waals surface area contributed by atoms with Crippen LogP contribution >= 0.6 is 0 Å². The van der Waals surface area contributed by atoms with Crippen molar-refractivity contribution < 1.29 is 13.9 Å². The van der Waals surface area contributed by atoms with Gasteiger partial charge in [-0.25, -0.2) is 9.18 Å². The molecule has 2 heterocycles. The molecule has 1 fully saturated rings. The molecule has 1 N–H and O–H groups in total. The highest BCUT2D eigenvalue weighted by Crippen LogP contribution is 2.25. The number of carbonyl (C=O) groups excluding carboxylic acids is 1. The van der Waals surface area contributed by atoms with Crippen LogP contribution in [0.25, 0.3) is 10.9 Å². The first-order valence-corrected chi connectivity index (χ1v) is 8.67. The quantitative estimate of drug-likeness (QED) is 0.653. The molecule has 1 saturated heterocycles. The van der Waals surface area contributed by atoms with Gasteiger partial charge in [0.1, 0.15) is 18.0 Å². The minimum Gasteiger partial charge on any atom is -0.458 e. The van der Waals surface area contributed by atoms with Gasteiger partial charge in [0.2, 0.25) is 5.43 Å². The number of aromatic nitrogens is 1. The number of aryl methyl sites for hydroxylation is 1. The number of halogens is 1.